The normalized spacial score (nSPS) is 20.6. The van der Waals surface area contributed by atoms with E-state index in [4.69, 9.17) is 21.2 Å². The first-order chi connectivity index (χ1) is 14.4. The summed E-state index contributed by atoms with van der Waals surface area (Å²) in [5.41, 5.74) is 13.9. The number of aromatic nitrogens is 5. The van der Waals surface area contributed by atoms with E-state index < -0.39 is 11.5 Å². The van der Waals surface area contributed by atoms with Crippen molar-refractivity contribution in [3.8, 4) is 5.88 Å². The summed E-state index contributed by atoms with van der Waals surface area (Å²) >= 11 is 0. The molecule has 2 unspecified atom stereocenters. The molecule has 152 valence electrons. The van der Waals surface area contributed by atoms with E-state index in [0.29, 0.717) is 23.4 Å². The summed E-state index contributed by atoms with van der Waals surface area (Å²) in [6.07, 6.45) is 7.35. The van der Waals surface area contributed by atoms with Crippen LogP contribution in [0, 0.1) is 13.8 Å². The second-order valence-corrected chi connectivity index (χ2v) is 7.04. The van der Waals surface area contributed by atoms with Gasteiger partial charge >= 0.3 is 0 Å². The molecule has 4 heterocycles. The van der Waals surface area contributed by atoms with Gasteiger partial charge in [0, 0.05) is 24.2 Å². The van der Waals surface area contributed by atoms with Crippen LogP contribution in [0.2, 0.25) is 0 Å². The summed E-state index contributed by atoms with van der Waals surface area (Å²) in [5, 5.41) is 0. The maximum absolute atomic E-state index is 6.10. The number of hydrogen-bond acceptors (Lipinski definition) is 9. The highest BCUT2D eigenvalue weighted by molar-refractivity contribution is 5.93. The number of dihydropyridines is 1. The Morgan fingerprint density at radius 3 is 2.27 bits per heavy atom. The largest absolute Gasteiger partial charge is 0.481 e. The third kappa shape index (κ3) is 3.34. The molecular weight excluding hydrogens is 380 g/mol. The monoisotopic (exact) mass is 402 g/mol. The van der Waals surface area contributed by atoms with Gasteiger partial charge in [0.25, 0.3) is 0 Å². The van der Waals surface area contributed by atoms with Gasteiger partial charge in [-0.05, 0) is 37.1 Å². The van der Waals surface area contributed by atoms with Gasteiger partial charge < -0.3 is 16.2 Å². The van der Waals surface area contributed by atoms with Crippen molar-refractivity contribution in [1.29, 1.82) is 0 Å². The van der Waals surface area contributed by atoms with Crippen molar-refractivity contribution in [2.24, 2.45) is 10.7 Å². The van der Waals surface area contributed by atoms with Crippen molar-refractivity contribution in [3.63, 3.8) is 0 Å². The van der Waals surface area contributed by atoms with Gasteiger partial charge in [-0.2, -0.15) is 9.97 Å². The van der Waals surface area contributed by atoms with E-state index in [-0.39, 0.29) is 5.95 Å². The van der Waals surface area contributed by atoms with Gasteiger partial charge in [-0.15, -0.1) is 0 Å². The first kappa shape index (κ1) is 19.4. The standard InChI is InChI=1S/C21H22N8O/c1-12-4-5-14(10-24-12)21(15-6-7-17(30-3)25-11-15)9-8-16(22)28-18(21)19-26-13(2)27-20(23)29-19/h4-11,18H,1-3H3,(H2,22,28)(H2,23,26,27,29). The van der Waals surface area contributed by atoms with Gasteiger partial charge in [-0.1, -0.05) is 18.2 Å². The van der Waals surface area contributed by atoms with Crippen LogP contribution >= 0.6 is 0 Å². The summed E-state index contributed by atoms with van der Waals surface area (Å²) in [6, 6.07) is 7.12. The molecule has 1 aliphatic rings. The van der Waals surface area contributed by atoms with Crippen molar-refractivity contribution in [3.05, 3.63) is 77.3 Å². The SMILES string of the molecule is COc1ccc(C2(c3ccc(C)nc3)C=CC(N)=NC2c2nc(C)nc(N)n2)cn1. The Hall–Kier alpha value is -3.88. The third-order valence-corrected chi connectivity index (χ3v) is 5.07. The molecule has 0 saturated heterocycles. The van der Waals surface area contributed by atoms with Gasteiger partial charge in [0.2, 0.25) is 11.8 Å². The fraction of sp³-hybridized carbons (Fsp3) is 0.238. The van der Waals surface area contributed by atoms with Crippen LogP contribution in [-0.2, 0) is 5.41 Å². The number of anilines is 1. The average Bonchev–Trinajstić information content (AvgIpc) is 2.74. The molecule has 0 fully saturated rings. The summed E-state index contributed by atoms with van der Waals surface area (Å²) in [7, 11) is 1.58. The third-order valence-electron chi connectivity index (χ3n) is 5.07. The Bertz CT molecular complexity index is 1100. The highest BCUT2D eigenvalue weighted by Gasteiger charge is 2.45. The van der Waals surface area contributed by atoms with E-state index in [9.17, 15) is 0 Å². The van der Waals surface area contributed by atoms with Gasteiger partial charge in [0.15, 0.2) is 5.82 Å². The molecule has 2 atom stereocenters. The molecule has 0 aromatic carbocycles. The van der Waals surface area contributed by atoms with Crippen LogP contribution in [0.3, 0.4) is 0 Å². The number of hydrogen-bond donors (Lipinski definition) is 2. The van der Waals surface area contributed by atoms with Crippen LogP contribution in [0.15, 0.2) is 53.8 Å². The lowest BCUT2D eigenvalue weighted by Crippen LogP contribution is -2.38. The summed E-state index contributed by atoms with van der Waals surface area (Å²) in [6.45, 7) is 3.70. The molecule has 0 saturated carbocycles. The van der Waals surface area contributed by atoms with Crippen molar-refractivity contribution < 1.29 is 4.74 Å². The van der Waals surface area contributed by atoms with Crippen molar-refractivity contribution >= 4 is 11.8 Å². The smallest absolute Gasteiger partial charge is 0.223 e. The second kappa shape index (κ2) is 7.51. The number of pyridine rings is 2. The van der Waals surface area contributed by atoms with Crippen molar-refractivity contribution in [2.45, 2.75) is 25.3 Å². The number of nitrogen functional groups attached to an aromatic ring is 1. The molecule has 3 aromatic rings. The minimum atomic E-state index is -0.803. The minimum absolute atomic E-state index is 0.129. The van der Waals surface area contributed by atoms with Gasteiger partial charge in [-0.3, -0.25) is 9.98 Å². The van der Waals surface area contributed by atoms with E-state index in [2.05, 4.69) is 24.9 Å². The Balaban J connectivity index is 2.00. The van der Waals surface area contributed by atoms with Crippen molar-refractivity contribution in [2.75, 3.05) is 12.8 Å². The number of methoxy groups -OCH3 is 1. The molecule has 0 radical (unpaired) electrons. The zero-order chi connectivity index (χ0) is 21.3. The van der Waals surface area contributed by atoms with Gasteiger partial charge in [-0.25, -0.2) is 9.97 Å². The lowest BCUT2D eigenvalue weighted by Gasteiger charge is -2.38. The molecule has 1 aliphatic heterocycles. The van der Waals surface area contributed by atoms with E-state index >= 15 is 0 Å². The summed E-state index contributed by atoms with van der Waals surface area (Å²) in [4.78, 5) is 26.6. The highest BCUT2D eigenvalue weighted by Crippen LogP contribution is 2.47. The second-order valence-electron chi connectivity index (χ2n) is 7.04. The molecule has 9 heteroatoms. The number of amidine groups is 1. The number of rotatable bonds is 4. The maximum Gasteiger partial charge on any atom is 0.223 e. The maximum atomic E-state index is 6.10. The molecule has 30 heavy (non-hydrogen) atoms. The summed E-state index contributed by atoms with van der Waals surface area (Å²) in [5.74, 6) is 1.93. The predicted molar refractivity (Wildman–Crippen MR) is 113 cm³/mol. The molecule has 0 bridgehead atoms. The summed E-state index contributed by atoms with van der Waals surface area (Å²) < 4.78 is 5.23. The first-order valence-corrected chi connectivity index (χ1v) is 9.36. The fourth-order valence-corrected chi connectivity index (χ4v) is 3.64. The first-order valence-electron chi connectivity index (χ1n) is 9.36. The van der Waals surface area contributed by atoms with Gasteiger partial charge in [0.05, 0.1) is 12.5 Å². The van der Waals surface area contributed by atoms with Crippen LogP contribution in [-0.4, -0.2) is 37.9 Å². The van der Waals surface area contributed by atoms with Gasteiger partial charge in [0.1, 0.15) is 17.7 Å². The average molecular weight is 402 g/mol. The number of nitrogens with two attached hydrogens (primary N) is 2. The minimum Gasteiger partial charge on any atom is -0.481 e. The highest BCUT2D eigenvalue weighted by atomic mass is 16.5. The van der Waals surface area contributed by atoms with E-state index in [1.807, 2.05) is 37.4 Å². The fourth-order valence-electron chi connectivity index (χ4n) is 3.64. The lowest BCUT2D eigenvalue weighted by atomic mass is 9.68. The van der Waals surface area contributed by atoms with E-state index in [0.717, 1.165) is 16.8 Å². The van der Waals surface area contributed by atoms with Crippen LogP contribution < -0.4 is 16.2 Å². The van der Waals surface area contributed by atoms with Crippen LogP contribution in [0.4, 0.5) is 5.95 Å². The Morgan fingerprint density at radius 2 is 1.67 bits per heavy atom. The molecule has 9 nitrogen and oxygen atoms in total. The number of nitrogens with zero attached hydrogens (tertiary/aromatic N) is 6. The number of aryl methyl sites for hydroxylation is 2. The molecule has 0 aliphatic carbocycles. The van der Waals surface area contributed by atoms with Crippen LogP contribution in [0.5, 0.6) is 5.88 Å². The molecule has 4 N–H and O–H groups in total. The Kier molecular flexibility index (Phi) is 4.86. The molecular formula is C21H22N8O. The zero-order valence-electron chi connectivity index (χ0n) is 16.9. The zero-order valence-corrected chi connectivity index (χ0v) is 16.9. The van der Waals surface area contributed by atoms with Crippen LogP contribution in [0.1, 0.15) is 34.5 Å². The molecule has 3 aromatic heterocycles. The van der Waals surface area contributed by atoms with Crippen LogP contribution in [0.25, 0.3) is 0 Å². The van der Waals surface area contributed by atoms with E-state index in [1.165, 1.54) is 0 Å². The topological polar surface area (TPSA) is 138 Å². The molecule has 0 spiro atoms. The predicted octanol–water partition coefficient (Wildman–Crippen LogP) is 1.82. The number of ether oxygens (including phenoxy) is 1. The van der Waals surface area contributed by atoms with Crippen molar-refractivity contribution in [1.82, 2.24) is 24.9 Å². The lowest BCUT2D eigenvalue weighted by molar-refractivity contribution is 0.396. The van der Waals surface area contributed by atoms with E-state index in [1.54, 1.807) is 32.4 Å². The number of aliphatic imine (C=N–C) groups is 1. The Morgan fingerprint density at radius 1 is 0.933 bits per heavy atom. The Labute approximate surface area is 174 Å². The molecule has 4 rings (SSSR count). The molecule has 0 amide bonds. The quantitative estimate of drug-likeness (QED) is 0.674.